The Morgan fingerprint density at radius 2 is 1.70 bits per heavy atom. The van der Waals surface area contributed by atoms with Crippen molar-refractivity contribution in [2.75, 3.05) is 20.3 Å². The van der Waals surface area contributed by atoms with E-state index in [1.165, 1.54) is 26.2 Å². The van der Waals surface area contributed by atoms with Crippen LogP contribution in [-0.2, 0) is 23.9 Å². The number of rotatable bonds is 8. The van der Waals surface area contributed by atoms with E-state index in [0.717, 1.165) is 4.90 Å². The molecule has 1 aromatic rings. The van der Waals surface area contributed by atoms with Crippen LogP contribution in [0, 0.1) is 0 Å². The Hall–Kier alpha value is -3.23. The lowest BCUT2D eigenvalue weighted by Crippen LogP contribution is -2.44. The predicted molar refractivity (Wildman–Crippen MR) is 91.6 cm³/mol. The van der Waals surface area contributed by atoms with Crippen molar-refractivity contribution < 1.29 is 33.4 Å². The number of hydrogen-bond donors (Lipinski definition) is 1. The van der Waals surface area contributed by atoms with E-state index in [1.807, 2.05) is 0 Å². The van der Waals surface area contributed by atoms with Gasteiger partial charge in [0.2, 0.25) is 0 Å². The molecular weight excluding hydrogens is 356 g/mol. The summed E-state index contributed by atoms with van der Waals surface area (Å²) in [5.41, 5.74) is 0.455. The summed E-state index contributed by atoms with van der Waals surface area (Å²) in [6.07, 6.45) is 0.547. The first-order valence-corrected chi connectivity index (χ1v) is 8.34. The second-order valence-corrected chi connectivity index (χ2v) is 5.84. The lowest BCUT2D eigenvalue weighted by Gasteiger charge is -2.20. The van der Waals surface area contributed by atoms with Gasteiger partial charge in [-0.1, -0.05) is 12.1 Å². The number of imide groups is 1. The molecule has 3 amide bonds. The van der Waals surface area contributed by atoms with E-state index in [9.17, 15) is 24.0 Å². The Kier molecular flexibility index (Phi) is 6.64. The Morgan fingerprint density at radius 1 is 1.11 bits per heavy atom. The highest BCUT2D eigenvalue weighted by atomic mass is 16.5. The maximum absolute atomic E-state index is 12.3. The van der Waals surface area contributed by atoms with E-state index in [0.29, 0.717) is 6.42 Å². The van der Waals surface area contributed by atoms with Gasteiger partial charge in [-0.05, 0) is 25.5 Å². The molecule has 1 atom stereocenters. The van der Waals surface area contributed by atoms with Crippen molar-refractivity contribution in [3.63, 3.8) is 0 Å². The van der Waals surface area contributed by atoms with Gasteiger partial charge in [0.1, 0.15) is 6.04 Å². The Morgan fingerprint density at radius 3 is 2.26 bits per heavy atom. The highest BCUT2D eigenvalue weighted by molar-refractivity contribution is 6.22. The van der Waals surface area contributed by atoms with Crippen LogP contribution in [0.5, 0.6) is 0 Å². The fraction of sp³-hybridized carbons (Fsp3) is 0.389. The van der Waals surface area contributed by atoms with Gasteiger partial charge in [-0.3, -0.25) is 24.1 Å². The molecule has 1 heterocycles. The predicted octanol–water partition coefficient (Wildman–Crippen LogP) is 0.284. The minimum atomic E-state index is -1.16. The minimum Gasteiger partial charge on any atom is -0.469 e. The zero-order chi connectivity index (χ0) is 20.0. The van der Waals surface area contributed by atoms with E-state index in [4.69, 9.17) is 4.74 Å². The molecule has 144 valence electrons. The average Bonchev–Trinajstić information content (AvgIpc) is 2.93. The lowest BCUT2D eigenvalue weighted by molar-refractivity contribution is -0.151. The summed E-state index contributed by atoms with van der Waals surface area (Å²) in [6.45, 7) is 1.03. The molecule has 0 fully saturated rings. The second-order valence-electron chi connectivity index (χ2n) is 5.84. The summed E-state index contributed by atoms with van der Waals surface area (Å²) < 4.78 is 9.36. The van der Waals surface area contributed by atoms with Crippen molar-refractivity contribution in [2.24, 2.45) is 0 Å². The zero-order valence-corrected chi connectivity index (χ0v) is 15.0. The first-order chi connectivity index (χ1) is 12.9. The fourth-order valence-electron chi connectivity index (χ4n) is 2.54. The molecule has 1 N–H and O–H groups in total. The average molecular weight is 376 g/mol. The number of fused-ring (bicyclic) bond motifs is 1. The van der Waals surface area contributed by atoms with Crippen LogP contribution in [0.2, 0.25) is 0 Å². The number of nitrogens with zero attached hydrogens (tertiary/aromatic N) is 1. The van der Waals surface area contributed by atoms with Crippen LogP contribution in [0.4, 0.5) is 0 Å². The summed E-state index contributed by atoms with van der Waals surface area (Å²) in [4.78, 5) is 60.2. The summed E-state index contributed by atoms with van der Waals surface area (Å²) in [6, 6.07) is 5.11. The lowest BCUT2D eigenvalue weighted by atomic mass is 10.1. The minimum absolute atomic E-state index is 0.160. The number of ether oxygens (including phenoxy) is 2. The van der Waals surface area contributed by atoms with Crippen LogP contribution in [0.3, 0.4) is 0 Å². The molecule has 9 nitrogen and oxygen atoms in total. The van der Waals surface area contributed by atoms with E-state index >= 15 is 0 Å². The van der Waals surface area contributed by atoms with Crippen LogP contribution in [0.25, 0.3) is 0 Å². The van der Waals surface area contributed by atoms with Gasteiger partial charge in [-0.25, -0.2) is 4.79 Å². The van der Waals surface area contributed by atoms with Gasteiger partial charge in [0.25, 0.3) is 17.7 Å². The Labute approximate surface area is 155 Å². The zero-order valence-electron chi connectivity index (χ0n) is 15.0. The highest BCUT2D eigenvalue weighted by Gasteiger charge is 2.41. The van der Waals surface area contributed by atoms with Crippen LogP contribution >= 0.6 is 0 Å². The van der Waals surface area contributed by atoms with Crippen molar-refractivity contribution in [1.82, 2.24) is 10.2 Å². The molecule has 0 radical (unpaired) electrons. The first-order valence-electron chi connectivity index (χ1n) is 8.34. The summed E-state index contributed by atoms with van der Waals surface area (Å²) >= 11 is 0. The summed E-state index contributed by atoms with van der Waals surface area (Å²) in [5, 5.41) is 2.49. The molecule has 27 heavy (non-hydrogen) atoms. The topological polar surface area (TPSA) is 119 Å². The smallest absolute Gasteiger partial charge is 0.329 e. The second kappa shape index (κ2) is 8.93. The largest absolute Gasteiger partial charge is 0.469 e. The third kappa shape index (κ3) is 4.69. The number of benzene rings is 1. The molecule has 0 bridgehead atoms. The molecule has 0 unspecified atom stereocenters. The van der Waals surface area contributed by atoms with E-state index in [1.54, 1.807) is 12.1 Å². The van der Waals surface area contributed by atoms with Crippen molar-refractivity contribution in [1.29, 1.82) is 0 Å². The van der Waals surface area contributed by atoms with Gasteiger partial charge in [-0.2, -0.15) is 0 Å². The number of carbonyl (C=O) groups excluding carboxylic acids is 5. The number of hydrogen-bond acceptors (Lipinski definition) is 7. The van der Waals surface area contributed by atoms with Crippen LogP contribution in [0.15, 0.2) is 24.3 Å². The number of esters is 2. The van der Waals surface area contributed by atoms with Gasteiger partial charge in [0.15, 0.2) is 6.61 Å². The number of carbonyl (C=O) groups is 5. The third-order valence-electron chi connectivity index (χ3n) is 4.01. The van der Waals surface area contributed by atoms with Gasteiger partial charge in [0.05, 0.1) is 18.2 Å². The molecule has 1 aromatic carbocycles. The maximum Gasteiger partial charge on any atom is 0.329 e. The van der Waals surface area contributed by atoms with Crippen LogP contribution in [-0.4, -0.2) is 60.9 Å². The molecule has 1 aliphatic heterocycles. The maximum atomic E-state index is 12.3. The quantitative estimate of drug-likeness (QED) is 0.393. The monoisotopic (exact) mass is 376 g/mol. The molecule has 0 aliphatic carbocycles. The Balaban J connectivity index is 1.81. The summed E-state index contributed by atoms with van der Waals surface area (Å²) in [7, 11) is 1.27. The standard InChI is InChI=1S/C18H20N2O7/c1-11(20-16(23)12-6-3-4-7-13(12)17(20)24)18(25)27-10-14(21)19-9-5-8-15(22)26-2/h3-4,6-7,11H,5,8-10H2,1-2H3,(H,19,21)/t11-/m0/s1. The van der Waals surface area contributed by atoms with E-state index in [2.05, 4.69) is 10.1 Å². The van der Waals surface area contributed by atoms with Gasteiger partial charge < -0.3 is 14.8 Å². The fourth-order valence-corrected chi connectivity index (χ4v) is 2.54. The molecule has 1 aliphatic rings. The molecule has 9 heteroatoms. The van der Waals surface area contributed by atoms with E-state index in [-0.39, 0.29) is 30.1 Å². The van der Waals surface area contributed by atoms with Crippen molar-refractivity contribution in [3.05, 3.63) is 35.4 Å². The molecule has 2 rings (SSSR count). The number of amides is 3. The number of nitrogens with one attached hydrogen (secondary N) is 1. The Bertz CT molecular complexity index is 740. The normalized spacial score (nSPS) is 13.8. The molecule has 0 saturated carbocycles. The van der Waals surface area contributed by atoms with Crippen molar-refractivity contribution in [3.8, 4) is 0 Å². The summed E-state index contributed by atoms with van der Waals surface area (Å²) in [5.74, 6) is -2.96. The van der Waals surface area contributed by atoms with Crippen molar-refractivity contribution >= 4 is 29.7 Å². The van der Waals surface area contributed by atoms with Gasteiger partial charge in [-0.15, -0.1) is 0 Å². The van der Waals surface area contributed by atoms with Crippen LogP contribution in [0.1, 0.15) is 40.5 Å². The van der Waals surface area contributed by atoms with Gasteiger partial charge >= 0.3 is 11.9 Å². The van der Waals surface area contributed by atoms with Gasteiger partial charge in [0, 0.05) is 13.0 Å². The van der Waals surface area contributed by atoms with Crippen molar-refractivity contribution in [2.45, 2.75) is 25.8 Å². The van der Waals surface area contributed by atoms with Crippen LogP contribution < -0.4 is 5.32 Å². The van der Waals surface area contributed by atoms with E-state index < -0.39 is 36.3 Å². The molecule has 0 spiro atoms. The SMILES string of the molecule is COC(=O)CCCNC(=O)COC(=O)[C@H](C)N1C(=O)c2ccccc2C1=O. The molecular formula is C18H20N2O7. The molecule has 0 saturated heterocycles. The third-order valence-corrected chi connectivity index (χ3v) is 4.01. The highest BCUT2D eigenvalue weighted by Crippen LogP contribution is 2.24. The first kappa shape index (κ1) is 20.1. The number of methoxy groups -OCH3 is 1. The molecule has 0 aromatic heterocycles.